The minimum absolute atomic E-state index is 0.297. The highest BCUT2D eigenvalue weighted by molar-refractivity contribution is 5.80. The van der Waals surface area contributed by atoms with Crippen LogP contribution in [0.5, 0.6) is 11.5 Å². The molecule has 0 bridgehead atoms. The van der Waals surface area contributed by atoms with Crippen molar-refractivity contribution in [2.75, 3.05) is 12.8 Å². The lowest BCUT2D eigenvalue weighted by atomic mass is 10.0. The van der Waals surface area contributed by atoms with Gasteiger partial charge in [-0.05, 0) is 24.3 Å². The standard InChI is InChI=1S/C13H11F3N2O2/c1-19-12-4-5-18-7-10(12)9-6-8(2-3-11(9)17)20-13(14,15)16/h2-7H,17H2,1H3. The van der Waals surface area contributed by atoms with Crippen LogP contribution in [-0.4, -0.2) is 18.5 Å². The van der Waals surface area contributed by atoms with Crippen LogP contribution >= 0.6 is 0 Å². The van der Waals surface area contributed by atoms with Gasteiger partial charge in [0.05, 0.1) is 7.11 Å². The zero-order valence-electron chi connectivity index (χ0n) is 10.4. The molecule has 7 heteroatoms. The molecule has 0 aliphatic heterocycles. The Hall–Kier alpha value is -2.44. The van der Waals surface area contributed by atoms with E-state index in [0.29, 0.717) is 22.6 Å². The number of anilines is 1. The van der Waals surface area contributed by atoms with Gasteiger partial charge >= 0.3 is 6.36 Å². The van der Waals surface area contributed by atoms with Gasteiger partial charge in [0.25, 0.3) is 0 Å². The van der Waals surface area contributed by atoms with E-state index < -0.39 is 6.36 Å². The van der Waals surface area contributed by atoms with E-state index in [2.05, 4.69) is 9.72 Å². The van der Waals surface area contributed by atoms with Crippen LogP contribution in [0, 0.1) is 0 Å². The van der Waals surface area contributed by atoms with Gasteiger partial charge < -0.3 is 15.2 Å². The molecule has 1 heterocycles. The molecular weight excluding hydrogens is 273 g/mol. The maximum absolute atomic E-state index is 12.2. The largest absolute Gasteiger partial charge is 0.573 e. The first-order valence-electron chi connectivity index (χ1n) is 5.54. The van der Waals surface area contributed by atoms with E-state index in [1.807, 2.05) is 0 Å². The van der Waals surface area contributed by atoms with Crippen LogP contribution < -0.4 is 15.2 Å². The number of pyridine rings is 1. The van der Waals surface area contributed by atoms with E-state index in [-0.39, 0.29) is 5.75 Å². The Kier molecular flexibility index (Phi) is 3.69. The molecule has 0 aliphatic rings. The van der Waals surface area contributed by atoms with Crippen LogP contribution in [-0.2, 0) is 0 Å². The molecule has 0 saturated carbocycles. The Morgan fingerprint density at radius 3 is 2.55 bits per heavy atom. The molecule has 0 amide bonds. The molecule has 2 N–H and O–H groups in total. The molecule has 4 nitrogen and oxygen atoms in total. The Morgan fingerprint density at radius 1 is 1.15 bits per heavy atom. The van der Waals surface area contributed by atoms with Crippen LogP contribution in [0.4, 0.5) is 18.9 Å². The number of methoxy groups -OCH3 is 1. The van der Waals surface area contributed by atoms with Crippen molar-refractivity contribution >= 4 is 5.69 Å². The summed E-state index contributed by atoms with van der Waals surface area (Å²) in [4.78, 5) is 3.92. The van der Waals surface area contributed by atoms with E-state index in [1.54, 1.807) is 6.07 Å². The zero-order valence-corrected chi connectivity index (χ0v) is 10.4. The number of rotatable bonds is 3. The molecule has 0 unspecified atom stereocenters. The van der Waals surface area contributed by atoms with Gasteiger partial charge in [0.1, 0.15) is 11.5 Å². The van der Waals surface area contributed by atoms with Gasteiger partial charge in [0, 0.05) is 29.2 Å². The van der Waals surface area contributed by atoms with Crippen LogP contribution in [0.2, 0.25) is 0 Å². The first-order chi connectivity index (χ1) is 9.40. The summed E-state index contributed by atoms with van der Waals surface area (Å²) >= 11 is 0. The van der Waals surface area contributed by atoms with Crippen molar-refractivity contribution in [3.05, 3.63) is 36.7 Å². The summed E-state index contributed by atoms with van der Waals surface area (Å²) < 4.78 is 45.7. The Bertz CT molecular complexity index is 615. The molecule has 1 aromatic carbocycles. The topological polar surface area (TPSA) is 57.4 Å². The van der Waals surface area contributed by atoms with Crippen molar-refractivity contribution < 1.29 is 22.6 Å². The minimum atomic E-state index is -4.76. The van der Waals surface area contributed by atoms with E-state index >= 15 is 0 Å². The molecular formula is C13H11F3N2O2. The quantitative estimate of drug-likeness (QED) is 0.879. The third-order valence-corrected chi connectivity index (χ3v) is 2.55. The lowest BCUT2D eigenvalue weighted by Gasteiger charge is -2.13. The van der Waals surface area contributed by atoms with Crippen LogP contribution in [0.1, 0.15) is 0 Å². The second kappa shape index (κ2) is 5.28. The third-order valence-electron chi connectivity index (χ3n) is 2.55. The zero-order chi connectivity index (χ0) is 14.8. The summed E-state index contributed by atoms with van der Waals surface area (Å²) in [5, 5.41) is 0. The Labute approximate surface area is 113 Å². The summed E-state index contributed by atoms with van der Waals surface area (Å²) in [6.07, 6.45) is -1.79. The number of hydrogen-bond acceptors (Lipinski definition) is 4. The second-order valence-electron chi connectivity index (χ2n) is 3.87. The number of nitrogens with zero attached hydrogens (tertiary/aromatic N) is 1. The van der Waals surface area contributed by atoms with Crippen molar-refractivity contribution in [3.8, 4) is 22.6 Å². The molecule has 0 spiro atoms. The number of hydrogen-bond donors (Lipinski definition) is 1. The van der Waals surface area contributed by atoms with Crippen molar-refractivity contribution in [2.45, 2.75) is 6.36 Å². The van der Waals surface area contributed by atoms with Crippen molar-refractivity contribution in [1.29, 1.82) is 0 Å². The molecule has 2 aromatic rings. The number of nitrogens with two attached hydrogens (primary N) is 1. The maximum Gasteiger partial charge on any atom is 0.573 e. The second-order valence-corrected chi connectivity index (χ2v) is 3.87. The summed E-state index contributed by atoms with van der Waals surface area (Å²) in [5.41, 5.74) is 6.93. The normalized spacial score (nSPS) is 11.2. The number of benzene rings is 1. The summed E-state index contributed by atoms with van der Waals surface area (Å²) in [6, 6.07) is 5.27. The number of aromatic nitrogens is 1. The van der Waals surface area contributed by atoms with Gasteiger partial charge in [0.15, 0.2) is 0 Å². The minimum Gasteiger partial charge on any atom is -0.496 e. The molecule has 1 aromatic heterocycles. The average Bonchev–Trinajstić information content (AvgIpc) is 2.39. The highest BCUT2D eigenvalue weighted by atomic mass is 19.4. The molecule has 20 heavy (non-hydrogen) atoms. The predicted octanol–water partition coefficient (Wildman–Crippen LogP) is 3.24. The number of nitrogen functional groups attached to an aromatic ring is 1. The molecule has 106 valence electrons. The monoisotopic (exact) mass is 284 g/mol. The molecule has 2 rings (SSSR count). The van der Waals surface area contributed by atoms with Crippen LogP contribution in [0.3, 0.4) is 0 Å². The van der Waals surface area contributed by atoms with E-state index in [4.69, 9.17) is 10.5 Å². The average molecular weight is 284 g/mol. The first-order valence-corrected chi connectivity index (χ1v) is 5.54. The van der Waals surface area contributed by atoms with Gasteiger partial charge in [0.2, 0.25) is 0 Å². The van der Waals surface area contributed by atoms with Gasteiger partial charge in [-0.1, -0.05) is 0 Å². The SMILES string of the molecule is COc1ccncc1-c1cc(OC(F)(F)F)ccc1N. The Morgan fingerprint density at radius 2 is 1.90 bits per heavy atom. The molecule has 0 aliphatic carbocycles. The maximum atomic E-state index is 12.2. The van der Waals surface area contributed by atoms with E-state index in [9.17, 15) is 13.2 Å². The first kappa shape index (κ1) is 14.0. The molecule has 0 fully saturated rings. The number of ether oxygens (including phenoxy) is 2. The van der Waals surface area contributed by atoms with Crippen molar-refractivity contribution in [1.82, 2.24) is 4.98 Å². The Balaban J connectivity index is 2.48. The summed E-state index contributed by atoms with van der Waals surface area (Å²) in [7, 11) is 1.45. The summed E-state index contributed by atoms with van der Waals surface area (Å²) in [6.45, 7) is 0. The lowest BCUT2D eigenvalue weighted by molar-refractivity contribution is -0.274. The van der Waals surface area contributed by atoms with Gasteiger partial charge in [-0.25, -0.2) is 0 Å². The van der Waals surface area contributed by atoms with Crippen LogP contribution in [0.25, 0.3) is 11.1 Å². The third kappa shape index (κ3) is 3.11. The van der Waals surface area contributed by atoms with E-state index in [0.717, 1.165) is 6.07 Å². The molecule has 0 radical (unpaired) electrons. The fourth-order valence-electron chi connectivity index (χ4n) is 1.73. The highest BCUT2D eigenvalue weighted by Gasteiger charge is 2.31. The van der Waals surface area contributed by atoms with Crippen molar-refractivity contribution in [3.63, 3.8) is 0 Å². The number of alkyl halides is 3. The summed E-state index contributed by atoms with van der Waals surface area (Å²) in [5.74, 6) is 0.100. The predicted molar refractivity (Wildman–Crippen MR) is 67.3 cm³/mol. The highest BCUT2D eigenvalue weighted by Crippen LogP contribution is 2.36. The van der Waals surface area contributed by atoms with Gasteiger partial charge in [-0.3, -0.25) is 4.98 Å². The van der Waals surface area contributed by atoms with E-state index in [1.165, 1.54) is 31.6 Å². The number of halogens is 3. The fraction of sp³-hybridized carbons (Fsp3) is 0.154. The van der Waals surface area contributed by atoms with Crippen LogP contribution in [0.15, 0.2) is 36.7 Å². The van der Waals surface area contributed by atoms with Gasteiger partial charge in [-0.15, -0.1) is 13.2 Å². The molecule has 0 saturated heterocycles. The smallest absolute Gasteiger partial charge is 0.496 e. The van der Waals surface area contributed by atoms with Gasteiger partial charge in [-0.2, -0.15) is 0 Å². The van der Waals surface area contributed by atoms with Crippen molar-refractivity contribution in [2.24, 2.45) is 0 Å². The fourth-order valence-corrected chi connectivity index (χ4v) is 1.73. The lowest BCUT2D eigenvalue weighted by Crippen LogP contribution is -2.17. The molecule has 0 atom stereocenters.